The molecule has 1 aliphatic carbocycles. The summed E-state index contributed by atoms with van der Waals surface area (Å²) in [6.45, 7) is 2.95. The maximum Gasteiger partial charge on any atom is 0.317 e. The molecule has 154 valence electrons. The third-order valence-corrected chi connectivity index (χ3v) is 5.96. The molecular formula is C22H34N4O2. The number of nitrogens with zero attached hydrogens (tertiary/aromatic N) is 2. The normalized spacial score (nSPS) is 20.2. The van der Waals surface area contributed by atoms with Crippen LogP contribution in [-0.2, 0) is 11.2 Å². The van der Waals surface area contributed by atoms with Crippen molar-refractivity contribution in [2.24, 2.45) is 11.7 Å². The number of piperidine rings is 1. The van der Waals surface area contributed by atoms with Gasteiger partial charge in [0.25, 0.3) is 0 Å². The lowest BCUT2D eigenvalue weighted by atomic mass is 9.96. The summed E-state index contributed by atoms with van der Waals surface area (Å²) in [6, 6.07) is 10.5. The van der Waals surface area contributed by atoms with E-state index in [1.807, 2.05) is 28.0 Å². The van der Waals surface area contributed by atoms with Crippen molar-refractivity contribution in [1.82, 2.24) is 15.1 Å². The van der Waals surface area contributed by atoms with E-state index in [1.54, 1.807) is 0 Å². The van der Waals surface area contributed by atoms with Gasteiger partial charge < -0.3 is 20.9 Å². The molecule has 0 aromatic heterocycles. The van der Waals surface area contributed by atoms with E-state index in [4.69, 9.17) is 5.73 Å². The number of hydrogen-bond acceptors (Lipinski definition) is 3. The Morgan fingerprint density at radius 2 is 1.82 bits per heavy atom. The Labute approximate surface area is 168 Å². The largest absolute Gasteiger partial charge is 0.341 e. The molecule has 3 N–H and O–H groups in total. The Morgan fingerprint density at radius 3 is 2.54 bits per heavy atom. The summed E-state index contributed by atoms with van der Waals surface area (Å²) >= 11 is 0. The second-order valence-corrected chi connectivity index (χ2v) is 8.07. The van der Waals surface area contributed by atoms with Crippen LogP contribution in [0.3, 0.4) is 0 Å². The summed E-state index contributed by atoms with van der Waals surface area (Å²) in [5.74, 6) is 0.0187. The summed E-state index contributed by atoms with van der Waals surface area (Å²) in [4.78, 5) is 29.5. The fourth-order valence-corrected chi connectivity index (χ4v) is 4.35. The van der Waals surface area contributed by atoms with E-state index < -0.39 is 0 Å². The minimum absolute atomic E-state index is 0.000870. The van der Waals surface area contributed by atoms with Crippen molar-refractivity contribution in [2.75, 3.05) is 32.7 Å². The average Bonchev–Trinajstić information content (AvgIpc) is 3.24. The van der Waals surface area contributed by atoms with Crippen LogP contribution < -0.4 is 11.1 Å². The van der Waals surface area contributed by atoms with Crippen LogP contribution in [0.5, 0.6) is 0 Å². The lowest BCUT2D eigenvalue weighted by molar-refractivity contribution is -0.136. The smallest absolute Gasteiger partial charge is 0.317 e. The van der Waals surface area contributed by atoms with E-state index >= 15 is 0 Å². The summed E-state index contributed by atoms with van der Waals surface area (Å²) in [7, 11) is 0. The van der Waals surface area contributed by atoms with Crippen LogP contribution in [0.15, 0.2) is 30.3 Å². The van der Waals surface area contributed by atoms with Crippen LogP contribution >= 0.6 is 0 Å². The van der Waals surface area contributed by atoms with E-state index in [0.29, 0.717) is 32.2 Å². The second kappa shape index (κ2) is 10.5. The van der Waals surface area contributed by atoms with E-state index in [2.05, 4.69) is 17.4 Å². The topological polar surface area (TPSA) is 78.7 Å². The molecule has 2 aliphatic rings. The first-order valence-corrected chi connectivity index (χ1v) is 10.8. The molecule has 1 aromatic carbocycles. The highest BCUT2D eigenvalue weighted by atomic mass is 16.2. The van der Waals surface area contributed by atoms with Crippen molar-refractivity contribution < 1.29 is 9.59 Å². The Bertz CT molecular complexity index is 631. The standard InChI is InChI=1S/C22H34N4O2/c23-13-16-25(15-12-18-7-2-1-3-8-18)21(27)19-9-6-14-26(17-19)22(28)24-20-10-4-5-11-20/h1-3,7-8,19-20H,4-6,9-17,23H2,(H,24,28). The van der Waals surface area contributed by atoms with Gasteiger partial charge in [-0.2, -0.15) is 0 Å². The molecular weight excluding hydrogens is 352 g/mol. The van der Waals surface area contributed by atoms with Crippen molar-refractivity contribution >= 4 is 11.9 Å². The Morgan fingerprint density at radius 1 is 1.07 bits per heavy atom. The predicted molar refractivity (Wildman–Crippen MR) is 111 cm³/mol. The number of nitrogens with two attached hydrogens (primary N) is 1. The summed E-state index contributed by atoms with van der Waals surface area (Å²) in [5, 5.41) is 3.15. The number of urea groups is 1. The Kier molecular flexibility index (Phi) is 7.71. The third kappa shape index (κ3) is 5.71. The van der Waals surface area contributed by atoms with Crippen LogP contribution in [-0.4, -0.2) is 60.5 Å². The van der Waals surface area contributed by atoms with E-state index in [0.717, 1.165) is 38.6 Å². The highest BCUT2D eigenvalue weighted by Gasteiger charge is 2.32. The molecule has 1 saturated carbocycles. The van der Waals surface area contributed by atoms with Gasteiger partial charge in [0.15, 0.2) is 0 Å². The minimum Gasteiger partial charge on any atom is -0.341 e. The van der Waals surface area contributed by atoms with Crippen molar-refractivity contribution in [3.63, 3.8) is 0 Å². The average molecular weight is 387 g/mol. The number of carbonyl (C=O) groups is 2. The second-order valence-electron chi connectivity index (χ2n) is 8.07. The number of benzene rings is 1. The zero-order valence-corrected chi connectivity index (χ0v) is 16.8. The zero-order valence-electron chi connectivity index (χ0n) is 16.8. The predicted octanol–water partition coefficient (Wildman–Crippen LogP) is 2.38. The van der Waals surface area contributed by atoms with Crippen molar-refractivity contribution in [3.05, 3.63) is 35.9 Å². The molecule has 1 aromatic rings. The van der Waals surface area contributed by atoms with Gasteiger partial charge in [-0.25, -0.2) is 4.79 Å². The number of nitrogens with one attached hydrogen (secondary N) is 1. The van der Waals surface area contributed by atoms with E-state index in [9.17, 15) is 9.59 Å². The Hall–Kier alpha value is -2.08. The molecule has 6 nitrogen and oxygen atoms in total. The van der Waals surface area contributed by atoms with Crippen molar-refractivity contribution in [1.29, 1.82) is 0 Å². The first-order valence-electron chi connectivity index (χ1n) is 10.8. The molecule has 3 rings (SSSR count). The van der Waals surface area contributed by atoms with Gasteiger partial charge in [0.05, 0.1) is 5.92 Å². The molecule has 1 heterocycles. The van der Waals surface area contributed by atoms with Crippen molar-refractivity contribution in [3.8, 4) is 0 Å². The summed E-state index contributed by atoms with van der Waals surface area (Å²) < 4.78 is 0. The minimum atomic E-state index is -0.120. The zero-order chi connectivity index (χ0) is 19.8. The van der Waals surface area contributed by atoms with Gasteiger partial charge >= 0.3 is 6.03 Å². The van der Waals surface area contributed by atoms with Crippen LogP contribution in [0.2, 0.25) is 0 Å². The van der Waals surface area contributed by atoms with Gasteiger partial charge in [0.1, 0.15) is 0 Å². The van der Waals surface area contributed by atoms with Crippen LogP contribution in [0.4, 0.5) is 4.79 Å². The fourth-order valence-electron chi connectivity index (χ4n) is 4.35. The van der Waals surface area contributed by atoms with Crippen LogP contribution in [0.25, 0.3) is 0 Å². The molecule has 0 spiro atoms. The van der Waals surface area contributed by atoms with Gasteiger partial charge in [0.2, 0.25) is 5.91 Å². The molecule has 1 atom stereocenters. The maximum atomic E-state index is 13.1. The van der Waals surface area contributed by atoms with Gasteiger partial charge in [-0.15, -0.1) is 0 Å². The number of hydrogen-bond donors (Lipinski definition) is 2. The third-order valence-electron chi connectivity index (χ3n) is 5.96. The monoisotopic (exact) mass is 386 g/mol. The molecule has 0 bridgehead atoms. The Balaban J connectivity index is 1.54. The van der Waals surface area contributed by atoms with Gasteiger partial charge in [0, 0.05) is 38.8 Å². The summed E-state index contributed by atoms with van der Waals surface area (Å²) in [5.41, 5.74) is 6.99. The van der Waals surface area contributed by atoms with Gasteiger partial charge in [-0.05, 0) is 37.7 Å². The lowest BCUT2D eigenvalue weighted by Crippen LogP contribution is -2.51. The molecule has 1 aliphatic heterocycles. The number of amides is 3. The van der Waals surface area contributed by atoms with E-state index in [1.165, 1.54) is 18.4 Å². The van der Waals surface area contributed by atoms with E-state index in [-0.39, 0.29) is 17.9 Å². The fraction of sp³-hybridized carbons (Fsp3) is 0.636. The quantitative estimate of drug-likeness (QED) is 0.755. The summed E-state index contributed by atoms with van der Waals surface area (Å²) in [6.07, 6.45) is 7.09. The van der Waals surface area contributed by atoms with Gasteiger partial charge in [-0.3, -0.25) is 4.79 Å². The lowest BCUT2D eigenvalue weighted by Gasteiger charge is -2.35. The SMILES string of the molecule is NCCN(CCc1ccccc1)C(=O)C1CCCN(C(=O)NC2CCCC2)C1. The molecule has 1 saturated heterocycles. The first kappa shape index (κ1) is 20.6. The van der Waals surface area contributed by atoms with Crippen LogP contribution in [0, 0.1) is 5.92 Å². The van der Waals surface area contributed by atoms with Crippen molar-refractivity contribution in [2.45, 2.75) is 51.0 Å². The van der Waals surface area contributed by atoms with Crippen LogP contribution in [0.1, 0.15) is 44.1 Å². The molecule has 1 unspecified atom stereocenters. The molecule has 28 heavy (non-hydrogen) atoms. The molecule has 0 radical (unpaired) electrons. The number of likely N-dealkylation sites (tertiary alicyclic amines) is 1. The molecule has 2 fully saturated rings. The number of rotatable bonds is 7. The molecule has 3 amide bonds. The number of carbonyl (C=O) groups excluding carboxylic acids is 2. The highest BCUT2D eigenvalue weighted by molar-refractivity contribution is 5.81. The highest BCUT2D eigenvalue weighted by Crippen LogP contribution is 2.21. The van der Waals surface area contributed by atoms with Gasteiger partial charge in [-0.1, -0.05) is 43.2 Å². The maximum absolute atomic E-state index is 13.1. The first-order chi connectivity index (χ1) is 13.7. The molecule has 6 heteroatoms.